The monoisotopic (exact) mass is 302 g/mol. The zero-order chi connectivity index (χ0) is 16.1. The first-order valence-corrected chi connectivity index (χ1v) is 8.07. The zero-order valence-corrected chi connectivity index (χ0v) is 14.3. The highest BCUT2D eigenvalue weighted by molar-refractivity contribution is 5.71. The third-order valence-corrected chi connectivity index (χ3v) is 4.54. The van der Waals surface area contributed by atoms with Crippen LogP contribution in [0.25, 0.3) is 0 Å². The molecule has 120 valence electrons. The Kier molecular flexibility index (Phi) is 3.58. The topological polar surface area (TPSA) is 32.8 Å². The third-order valence-electron chi connectivity index (χ3n) is 4.54. The number of aryl methyl sites for hydroxylation is 1. The molecule has 1 aromatic rings. The van der Waals surface area contributed by atoms with Gasteiger partial charge in [-0.25, -0.2) is 4.79 Å². The molecule has 4 nitrogen and oxygen atoms in total. The molecule has 0 saturated carbocycles. The number of hydrogen-bond acceptors (Lipinski definition) is 3. The summed E-state index contributed by atoms with van der Waals surface area (Å²) in [5.41, 5.74) is 5.10. The molecule has 22 heavy (non-hydrogen) atoms. The van der Waals surface area contributed by atoms with E-state index in [0.717, 1.165) is 26.1 Å². The molecule has 1 aromatic carbocycles. The summed E-state index contributed by atoms with van der Waals surface area (Å²) in [5, 5.41) is 0. The molecule has 2 aliphatic rings. The quantitative estimate of drug-likeness (QED) is 0.737. The first-order valence-electron chi connectivity index (χ1n) is 8.07. The van der Waals surface area contributed by atoms with Crippen molar-refractivity contribution >= 4 is 11.8 Å². The zero-order valence-electron chi connectivity index (χ0n) is 14.3. The second-order valence-electron chi connectivity index (χ2n) is 7.56. The minimum atomic E-state index is -0.440. The standard InChI is InChI=1S/C18H26N2O2/c1-12-6-7-13-8-9-20(17(21)22-18(2,3)4)11-14-10-19(5)16(12)15(13)14/h6-7,14H,8-11H2,1-5H3/t14-/m1/s1. The van der Waals surface area contributed by atoms with Gasteiger partial charge in [-0.1, -0.05) is 12.1 Å². The van der Waals surface area contributed by atoms with E-state index in [1.807, 2.05) is 25.7 Å². The average Bonchev–Trinajstić information content (AvgIpc) is 2.61. The third kappa shape index (κ3) is 2.67. The van der Waals surface area contributed by atoms with E-state index in [2.05, 4.69) is 31.0 Å². The van der Waals surface area contributed by atoms with Crippen LogP contribution in [0.4, 0.5) is 10.5 Å². The van der Waals surface area contributed by atoms with Crippen molar-refractivity contribution in [2.45, 2.75) is 45.6 Å². The predicted molar refractivity (Wildman–Crippen MR) is 88.7 cm³/mol. The van der Waals surface area contributed by atoms with Gasteiger partial charge in [0.25, 0.3) is 0 Å². The number of carbonyl (C=O) groups excluding carboxylic acids is 1. The summed E-state index contributed by atoms with van der Waals surface area (Å²) in [6.07, 6.45) is 0.722. The highest BCUT2D eigenvalue weighted by Gasteiger charge is 2.35. The van der Waals surface area contributed by atoms with Gasteiger partial charge in [-0.05, 0) is 50.8 Å². The summed E-state index contributed by atoms with van der Waals surface area (Å²) in [7, 11) is 2.15. The number of hydrogen-bond donors (Lipinski definition) is 0. The molecule has 3 rings (SSSR count). The molecule has 0 unspecified atom stereocenters. The summed E-state index contributed by atoms with van der Waals surface area (Å²) < 4.78 is 5.57. The molecule has 1 atom stereocenters. The fourth-order valence-corrected chi connectivity index (χ4v) is 3.71. The Labute approximate surface area is 133 Å². The Morgan fingerprint density at radius 2 is 2.00 bits per heavy atom. The minimum absolute atomic E-state index is 0.187. The number of anilines is 1. The molecular formula is C18H26N2O2. The molecule has 0 fully saturated rings. The van der Waals surface area contributed by atoms with E-state index in [-0.39, 0.29) is 6.09 Å². The van der Waals surface area contributed by atoms with Crippen LogP contribution >= 0.6 is 0 Å². The first kappa shape index (κ1) is 15.2. The van der Waals surface area contributed by atoms with Gasteiger partial charge >= 0.3 is 6.09 Å². The van der Waals surface area contributed by atoms with E-state index in [9.17, 15) is 4.79 Å². The summed E-state index contributed by atoms with van der Waals surface area (Å²) >= 11 is 0. The Balaban J connectivity index is 1.87. The summed E-state index contributed by atoms with van der Waals surface area (Å²) in [6, 6.07) is 4.44. The lowest BCUT2D eigenvalue weighted by atomic mass is 9.93. The lowest BCUT2D eigenvalue weighted by molar-refractivity contribution is 0.0248. The number of carbonyl (C=O) groups is 1. The van der Waals surface area contributed by atoms with Crippen molar-refractivity contribution in [2.75, 3.05) is 31.6 Å². The van der Waals surface area contributed by atoms with Crippen LogP contribution in [0.3, 0.4) is 0 Å². The highest BCUT2D eigenvalue weighted by atomic mass is 16.6. The number of benzene rings is 1. The molecule has 0 N–H and O–H groups in total. The molecule has 0 radical (unpaired) electrons. The molecule has 0 aromatic heterocycles. The molecule has 0 aliphatic carbocycles. The highest BCUT2D eigenvalue weighted by Crippen LogP contribution is 2.42. The van der Waals surface area contributed by atoms with Gasteiger partial charge in [0.1, 0.15) is 5.60 Å². The smallest absolute Gasteiger partial charge is 0.410 e. The van der Waals surface area contributed by atoms with Crippen LogP contribution in [0.15, 0.2) is 12.1 Å². The number of ether oxygens (including phenoxy) is 1. The molecule has 0 spiro atoms. The van der Waals surface area contributed by atoms with Crippen LogP contribution in [-0.4, -0.2) is 43.3 Å². The Hall–Kier alpha value is -1.71. The van der Waals surface area contributed by atoms with Crippen molar-refractivity contribution < 1.29 is 9.53 Å². The van der Waals surface area contributed by atoms with Crippen molar-refractivity contribution in [1.29, 1.82) is 0 Å². The van der Waals surface area contributed by atoms with Crippen molar-refractivity contribution in [3.05, 3.63) is 28.8 Å². The number of nitrogens with zero attached hydrogens (tertiary/aromatic N) is 2. The molecule has 4 heteroatoms. The molecule has 0 saturated heterocycles. The molecule has 0 bridgehead atoms. The second kappa shape index (κ2) is 5.18. The largest absolute Gasteiger partial charge is 0.444 e. The first-order chi connectivity index (χ1) is 10.3. The molecule has 2 aliphatic heterocycles. The van der Waals surface area contributed by atoms with Gasteiger partial charge in [0, 0.05) is 38.3 Å². The van der Waals surface area contributed by atoms with Crippen LogP contribution in [0, 0.1) is 6.92 Å². The normalized spacial score (nSPS) is 20.7. The van der Waals surface area contributed by atoms with E-state index in [1.54, 1.807) is 0 Å². The Morgan fingerprint density at radius 3 is 2.68 bits per heavy atom. The fourth-order valence-electron chi connectivity index (χ4n) is 3.71. The van der Waals surface area contributed by atoms with Gasteiger partial charge in [0.05, 0.1) is 0 Å². The van der Waals surface area contributed by atoms with E-state index in [1.165, 1.54) is 22.4 Å². The number of rotatable bonds is 0. The van der Waals surface area contributed by atoms with E-state index < -0.39 is 5.60 Å². The number of likely N-dealkylation sites (N-methyl/N-ethyl adjacent to an activating group) is 1. The number of amides is 1. The van der Waals surface area contributed by atoms with Gasteiger partial charge < -0.3 is 14.5 Å². The van der Waals surface area contributed by atoms with Crippen LogP contribution in [0.5, 0.6) is 0 Å². The van der Waals surface area contributed by atoms with Crippen molar-refractivity contribution in [1.82, 2.24) is 4.90 Å². The van der Waals surface area contributed by atoms with Gasteiger partial charge in [-0.2, -0.15) is 0 Å². The van der Waals surface area contributed by atoms with E-state index in [4.69, 9.17) is 4.74 Å². The minimum Gasteiger partial charge on any atom is -0.444 e. The van der Waals surface area contributed by atoms with Crippen LogP contribution in [-0.2, 0) is 11.2 Å². The lowest BCUT2D eigenvalue weighted by Gasteiger charge is -2.28. The van der Waals surface area contributed by atoms with Gasteiger partial charge in [0.2, 0.25) is 0 Å². The fraction of sp³-hybridized carbons (Fsp3) is 0.611. The molecule has 1 amide bonds. The maximum atomic E-state index is 12.4. The molecule has 2 heterocycles. The Morgan fingerprint density at radius 1 is 1.27 bits per heavy atom. The van der Waals surface area contributed by atoms with Crippen LogP contribution in [0.2, 0.25) is 0 Å². The van der Waals surface area contributed by atoms with Crippen molar-refractivity contribution in [2.24, 2.45) is 0 Å². The van der Waals surface area contributed by atoms with Crippen molar-refractivity contribution in [3.63, 3.8) is 0 Å². The van der Waals surface area contributed by atoms with Gasteiger partial charge in [-0.15, -0.1) is 0 Å². The SMILES string of the molecule is Cc1ccc2c3c1N(C)C[C@@H]3CN(C(=O)OC(C)(C)C)CC2. The lowest BCUT2D eigenvalue weighted by Crippen LogP contribution is -2.39. The maximum Gasteiger partial charge on any atom is 0.410 e. The maximum absolute atomic E-state index is 12.4. The predicted octanol–water partition coefficient (Wildman–Crippen LogP) is 3.32. The summed E-state index contributed by atoms with van der Waals surface area (Å²) in [4.78, 5) is 16.6. The van der Waals surface area contributed by atoms with E-state index >= 15 is 0 Å². The average molecular weight is 302 g/mol. The van der Waals surface area contributed by atoms with Gasteiger partial charge in [-0.3, -0.25) is 0 Å². The Bertz CT molecular complexity index is 604. The van der Waals surface area contributed by atoms with Crippen LogP contribution < -0.4 is 4.90 Å². The van der Waals surface area contributed by atoms with Crippen LogP contribution in [0.1, 0.15) is 43.4 Å². The summed E-state index contributed by atoms with van der Waals surface area (Å²) in [6.45, 7) is 10.4. The summed E-state index contributed by atoms with van der Waals surface area (Å²) in [5.74, 6) is 0.393. The van der Waals surface area contributed by atoms with Gasteiger partial charge in [0.15, 0.2) is 0 Å². The molecular weight excluding hydrogens is 276 g/mol. The van der Waals surface area contributed by atoms with E-state index in [0.29, 0.717) is 5.92 Å². The second-order valence-corrected chi connectivity index (χ2v) is 7.56. The van der Waals surface area contributed by atoms with Crippen molar-refractivity contribution in [3.8, 4) is 0 Å².